The van der Waals surface area contributed by atoms with Gasteiger partial charge in [-0.2, -0.15) is 0 Å². The van der Waals surface area contributed by atoms with E-state index in [0.717, 1.165) is 22.0 Å². The Morgan fingerprint density at radius 1 is 1.14 bits per heavy atom. The SMILES string of the molecule is CC(=N)c1ccc(CNC(=O)c2cc3ccccc3[nH]2)cc1. The summed E-state index contributed by atoms with van der Waals surface area (Å²) in [4.78, 5) is 15.3. The topological polar surface area (TPSA) is 68.7 Å². The summed E-state index contributed by atoms with van der Waals surface area (Å²) in [6, 6.07) is 17.3. The predicted octanol–water partition coefficient (Wildman–Crippen LogP) is 3.49. The third kappa shape index (κ3) is 2.91. The minimum atomic E-state index is -0.122. The van der Waals surface area contributed by atoms with Crippen LogP contribution in [0.1, 0.15) is 28.5 Å². The first-order valence-corrected chi connectivity index (χ1v) is 7.14. The van der Waals surface area contributed by atoms with Crippen molar-refractivity contribution < 1.29 is 4.79 Å². The maximum atomic E-state index is 12.2. The first-order chi connectivity index (χ1) is 10.6. The molecule has 1 heterocycles. The fourth-order valence-electron chi connectivity index (χ4n) is 2.35. The van der Waals surface area contributed by atoms with E-state index in [2.05, 4.69) is 10.3 Å². The Kier molecular flexibility index (Phi) is 3.74. The highest BCUT2D eigenvalue weighted by molar-refractivity contribution is 5.98. The predicted molar refractivity (Wildman–Crippen MR) is 88.4 cm³/mol. The van der Waals surface area contributed by atoms with Crippen LogP contribution >= 0.6 is 0 Å². The van der Waals surface area contributed by atoms with Crippen molar-refractivity contribution in [2.75, 3.05) is 0 Å². The van der Waals surface area contributed by atoms with Gasteiger partial charge in [0.1, 0.15) is 5.69 Å². The lowest BCUT2D eigenvalue weighted by Gasteiger charge is -2.05. The van der Waals surface area contributed by atoms with E-state index < -0.39 is 0 Å². The number of para-hydroxylation sites is 1. The number of rotatable bonds is 4. The highest BCUT2D eigenvalue weighted by Gasteiger charge is 2.08. The molecule has 0 unspecified atom stereocenters. The number of nitrogens with one attached hydrogen (secondary N) is 3. The van der Waals surface area contributed by atoms with Gasteiger partial charge in [0.25, 0.3) is 5.91 Å². The average molecular weight is 291 g/mol. The molecule has 22 heavy (non-hydrogen) atoms. The molecule has 0 aliphatic rings. The van der Waals surface area contributed by atoms with Gasteiger partial charge in [-0.3, -0.25) is 4.79 Å². The number of amides is 1. The van der Waals surface area contributed by atoms with Crippen molar-refractivity contribution in [1.82, 2.24) is 10.3 Å². The third-order valence-electron chi connectivity index (χ3n) is 3.61. The van der Waals surface area contributed by atoms with Gasteiger partial charge in [-0.25, -0.2) is 0 Å². The van der Waals surface area contributed by atoms with E-state index in [0.29, 0.717) is 18.0 Å². The normalized spacial score (nSPS) is 10.6. The third-order valence-corrected chi connectivity index (χ3v) is 3.61. The molecule has 0 saturated heterocycles. The van der Waals surface area contributed by atoms with Gasteiger partial charge in [0.2, 0.25) is 0 Å². The van der Waals surface area contributed by atoms with E-state index in [4.69, 9.17) is 5.41 Å². The molecule has 0 aliphatic carbocycles. The summed E-state index contributed by atoms with van der Waals surface area (Å²) in [6.45, 7) is 2.22. The second-order valence-electron chi connectivity index (χ2n) is 5.27. The molecule has 0 radical (unpaired) electrons. The van der Waals surface area contributed by atoms with Crippen molar-refractivity contribution in [2.45, 2.75) is 13.5 Å². The molecule has 3 aromatic rings. The lowest BCUT2D eigenvalue weighted by molar-refractivity contribution is 0.0947. The maximum Gasteiger partial charge on any atom is 0.267 e. The summed E-state index contributed by atoms with van der Waals surface area (Å²) < 4.78 is 0. The summed E-state index contributed by atoms with van der Waals surface area (Å²) in [7, 11) is 0. The van der Waals surface area contributed by atoms with Gasteiger partial charge in [-0.05, 0) is 30.2 Å². The summed E-state index contributed by atoms with van der Waals surface area (Å²) >= 11 is 0. The number of carbonyl (C=O) groups excluding carboxylic acids is 1. The van der Waals surface area contributed by atoms with Crippen molar-refractivity contribution in [3.05, 3.63) is 71.4 Å². The van der Waals surface area contributed by atoms with Crippen LogP contribution in [0.4, 0.5) is 0 Å². The Morgan fingerprint density at radius 3 is 2.55 bits per heavy atom. The van der Waals surface area contributed by atoms with Crippen LogP contribution < -0.4 is 5.32 Å². The van der Waals surface area contributed by atoms with Crippen molar-refractivity contribution >= 4 is 22.5 Å². The van der Waals surface area contributed by atoms with Crippen LogP contribution in [0, 0.1) is 5.41 Å². The molecule has 3 N–H and O–H groups in total. The zero-order chi connectivity index (χ0) is 15.5. The molecule has 0 aliphatic heterocycles. The first kappa shape index (κ1) is 14.1. The van der Waals surface area contributed by atoms with Crippen molar-refractivity contribution in [3.8, 4) is 0 Å². The number of carbonyl (C=O) groups is 1. The summed E-state index contributed by atoms with van der Waals surface area (Å²) in [6.07, 6.45) is 0. The Balaban J connectivity index is 1.67. The van der Waals surface area contributed by atoms with Crippen LogP contribution in [0.5, 0.6) is 0 Å². The van der Waals surface area contributed by atoms with Gasteiger partial charge < -0.3 is 15.7 Å². The number of hydrogen-bond donors (Lipinski definition) is 3. The molecule has 0 bridgehead atoms. The van der Waals surface area contributed by atoms with E-state index >= 15 is 0 Å². The summed E-state index contributed by atoms with van der Waals surface area (Å²) in [5, 5.41) is 11.5. The standard InChI is InChI=1S/C18H17N3O/c1-12(19)14-8-6-13(7-9-14)11-20-18(22)17-10-15-4-2-3-5-16(15)21-17/h2-10,19,21H,11H2,1H3,(H,20,22). The molecule has 2 aromatic carbocycles. The maximum absolute atomic E-state index is 12.2. The molecule has 110 valence electrons. The lowest BCUT2D eigenvalue weighted by Crippen LogP contribution is -2.23. The molecule has 1 amide bonds. The van der Waals surface area contributed by atoms with Crippen LogP contribution in [-0.2, 0) is 6.54 Å². The van der Waals surface area contributed by atoms with E-state index in [1.54, 1.807) is 6.92 Å². The zero-order valence-electron chi connectivity index (χ0n) is 12.3. The number of aromatic amines is 1. The van der Waals surface area contributed by atoms with Crippen LogP contribution in [0.3, 0.4) is 0 Å². The number of aromatic nitrogens is 1. The Labute approximate surface area is 128 Å². The van der Waals surface area contributed by atoms with E-state index in [9.17, 15) is 4.79 Å². The Hall–Kier alpha value is -2.88. The van der Waals surface area contributed by atoms with Gasteiger partial charge in [0.05, 0.1) is 0 Å². The molecule has 0 saturated carbocycles. The lowest BCUT2D eigenvalue weighted by atomic mass is 10.1. The second kappa shape index (κ2) is 5.85. The number of fused-ring (bicyclic) bond motifs is 1. The van der Waals surface area contributed by atoms with Crippen LogP contribution in [0.25, 0.3) is 10.9 Å². The number of benzene rings is 2. The van der Waals surface area contributed by atoms with E-state index in [-0.39, 0.29) is 5.91 Å². The number of hydrogen-bond acceptors (Lipinski definition) is 2. The quantitative estimate of drug-likeness (QED) is 0.633. The van der Waals surface area contributed by atoms with Gasteiger partial charge in [0.15, 0.2) is 0 Å². The van der Waals surface area contributed by atoms with E-state index in [1.807, 2.05) is 54.6 Å². The molecule has 4 heteroatoms. The highest BCUT2D eigenvalue weighted by atomic mass is 16.1. The monoisotopic (exact) mass is 291 g/mol. The van der Waals surface area contributed by atoms with Crippen LogP contribution in [0.2, 0.25) is 0 Å². The largest absolute Gasteiger partial charge is 0.351 e. The van der Waals surface area contributed by atoms with Crippen molar-refractivity contribution in [3.63, 3.8) is 0 Å². The average Bonchev–Trinajstić information content (AvgIpc) is 2.97. The molecule has 0 fully saturated rings. The van der Waals surface area contributed by atoms with Gasteiger partial charge in [-0.15, -0.1) is 0 Å². The molecule has 4 nitrogen and oxygen atoms in total. The minimum absolute atomic E-state index is 0.122. The Morgan fingerprint density at radius 2 is 1.86 bits per heavy atom. The number of H-pyrrole nitrogens is 1. The molecule has 0 atom stereocenters. The smallest absolute Gasteiger partial charge is 0.267 e. The molecular weight excluding hydrogens is 274 g/mol. The molecular formula is C18H17N3O. The first-order valence-electron chi connectivity index (χ1n) is 7.14. The van der Waals surface area contributed by atoms with Gasteiger partial charge >= 0.3 is 0 Å². The molecule has 1 aromatic heterocycles. The van der Waals surface area contributed by atoms with Crippen LogP contribution in [-0.4, -0.2) is 16.6 Å². The van der Waals surface area contributed by atoms with Gasteiger partial charge in [-0.1, -0.05) is 42.5 Å². The second-order valence-corrected chi connectivity index (χ2v) is 5.27. The van der Waals surface area contributed by atoms with Gasteiger partial charge in [0, 0.05) is 23.2 Å². The Bertz CT molecular complexity index is 798. The zero-order valence-corrected chi connectivity index (χ0v) is 12.3. The fourth-order valence-corrected chi connectivity index (χ4v) is 2.35. The summed E-state index contributed by atoms with van der Waals surface area (Å²) in [5.74, 6) is -0.122. The van der Waals surface area contributed by atoms with Crippen molar-refractivity contribution in [2.24, 2.45) is 0 Å². The minimum Gasteiger partial charge on any atom is -0.351 e. The van der Waals surface area contributed by atoms with Crippen molar-refractivity contribution in [1.29, 1.82) is 5.41 Å². The van der Waals surface area contributed by atoms with E-state index in [1.165, 1.54) is 0 Å². The fraction of sp³-hybridized carbons (Fsp3) is 0.111. The molecule has 0 spiro atoms. The van der Waals surface area contributed by atoms with Crippen LogP contribution in [0.15, 0.2) is 54.6 Å². The summed E-state index contributed by atoms with van der Waals surface area (Å²) in [5.41, 5.74) is 3.96. The molecule has 3 rings (SSSR count). The highest BCUT2D eigenvalue weighted by Crippen LogP contribution is 2.14.